The fraction of sp³-hybridized carbons (Fsp3) is 0.269. The van der Waals surface area contributed by atoms with E-state index < -0.39 is 12.0 Å². The van der Waals surface area contributed by atoms with Crippen LogP contribution in [0.25, 0.3) is 6.08 Å². The van der Waals surface area contributed by atoms with Crippen LogP contribution in [0.4, 0.5) is 0 Å². The van der Waals surface area contributed by atoms with E-state index in [4.69, 9.17) is 25.8 Å². The minimum Gasteiger partial charge on any atom is -0.497 e. The molecular weight excluding hydrogens is 488 g/mol. The maximum Gasteiger partial charge on any atom is 0.338 e. The fourth-order valence-electron chi connectivity index (χ4n) is 3.95. The van der Waals surface area contributed by atoms with Crippen molar-refractivity contribution in [2.75, 3.05) is 20.3 Å². The van der Waals surface area contributed by atoms with Crippen LogP contribution < -0.4 is 24.4 Å². The molecule has 0 saturated heterocycles. The third-order valence-electron chi connectivity index (χ3n) is 5.48. The second-order valence-corrected chi connectivity index (χ2v) is 9.12. The highest BCUT2D eigenvalue weighted by Gasteiger charge is 2.33. The van der Waals surface area contributed by atoms with Gasteiger partial charge < -0.3 is 14.2 Å². The van der Waals surface area contributed by atoms with Crippen molar-refractivity contribution in [2.45, 2.75) is 26.8 Å². The van der Waals surface area contributed by atoms with Crippen molar-refractivity contribution < 1.29 is 19.0 Å². The SMILES string of the molecule is CCOC(=O)C1=C(C)N=c2s/c(=C\c3ccc(OCC)c(Cl)c3)c(=O)n2[C@H]1c1cccc(OC)c1. The summed E-state index contributed by atoms with van der Waals surface area (Å²) in [4.78, 5) is 31.7. The standard InChI is InChI=1S/C26H25ClN2O5S/c1-5-33-20-11-10-16(12-19(20)27)13-21-24(30)29-23(17-8-7-9-18(14-17)32-4)22(25(31)34-6-2)15(3)28-26(29)35-21/h7-14,23H,5-6H2,1-4H3/b21-13-/t23-/m0/s1. The van der Waals surface area contributed by atoms with Gasteiger partial charge in [0.1, 0.15) is 11.5 Å². The van der Waals surface area contributed by atoms with Gasteiger partial charge in [-0.2, -0.15) is 0 Å². The van der Waals surface area contributed by atoms with Gasteiger partial charge in [0.15, 0.2) is 4.80 Å². The van der Waals surface area contributed by atoms with Gasteiger partial charge in [0.05, 0.1) is 47.2 Å². The van der Waals surface area contributed by atoms with E-state index in [1.807, 2.05) is 37.3 Å². The molecule has 182 valence electrons. The van der Waals surface area contributed by atoms with Crippen molar-refractivity contribution in [2.24, 2.45) is 4.99 Å². The molecule has 0 fully saturated rings. The summed E-state index contributed by atoms with van der Waals surface area (Å²) in [7, 11) is 1.57. The summed E-state index contributed by atoms with van der Waals surface area (Å²) >= 11 is 7.59. The Morgan fingerprint density at radius 3 is 2.69 bits per heavy atom. The van der Waals surface area contributed by atoms with E-state index in [-0.39, 0.29) is 12.2 Å². The van der Waals surface area contributed by atoms with E-state index in [1.54, 1.807) is 43.7 Å². The van der Waals surface area contributed by atoms with Crippen LogP contribution in [0.1, 0.15) is 37.9 Å². The number of aromatic nitrogens is 1. The van der Waals surface area contributed by atoms with E-state index in [0.717, 1.165) is 11.1 Å². The quantitative estimate of drug-likeness (QED) is 0.449. The molecule has 35 heavy (non-hydrogen) atoms. The van der Waals surface area contributed by atoms with Crippen LogP contribution in [0, 0.1) is 0 Å². The molecule has 1 aromatic heterocycles. The van der Waals surface area contributed by atoms with Crippen molar-refractivity contribution in [3.8, 4) is 11.5 Å². The summed E-state index contributed by atoms with van der Waals surface area (Å²) < 4.78 is 18.2. The average Bonchev–Trinajstić information content (AvgIpc) is 3.14. The van der Waals surface area contributed by atoms with Crippen LogP contribution in [-0.2, 0) is 9.53 Å². The predicted octanol–water partition coefficient (Wildman–Crippen LogP) is 3.86. The zero-order chi connectivity index (χ0) is 25.1. The molecule has 3 aromatic rings. The third-order valence-corrected chi connectivity index (χ3v) is 6.76. The second kappa shape index (κ2) is 10.5. The van der Waals surface area contributed by atoms with E-state index in [0.29, 0.717) is 43.7 Å². The topological polar surface area (TPSA) is 79.1 Å². The highest BCUT2D eigenvalue weighted by atomic mass is 35.5. The van der Waals surface area contributed by atoms with Gasteiger partial charge in [0, 0.05) is 0 Å². The smallest absolute Gasteiger partial charge is 0.338 e. The van der Waals surface area contributed by atoms with Crippen LogP contribution in [0.5, 0.6) is 11.5 Å². The number of ether oxygens (including phenoxy) is 3. The Bertz CT molecular complexity index is 1490. The number of fused-ring (bicyclic) bond motifs is 1. The van der Waals surface area contributed by atoms with Gasteiger partial charge in [-0.1, -0.05) is 41.1 Å². The molecule has 2 heterocycles. The molecule has 0 bridgehead atoms. The van der Waals surface area contributed by atoms with Gasteiger partial charge in [0.2, 0.25) is 0 Å². The number of rotatable bonds is 7. The number of benzene rings is 2. The number of esters is 1. The van der Waals surface area contributed by atoms with Gasteiger partial charge in [-0.3, -0.25) is 9.36 Å². The maximum atomic E-state index is 13.7. The number of methoxy groups -OCH3 is 1. The number of allylic oxidation sites excluding steroid dienone is 1. The molecule has 2 aromatic carbocycles. The normalized spacial score (nSPS) is 15.5. The Labute approximate surface area is 211 Å². The molecule has 4 rings (SSSR count). The van der Waals surface area contributed by atoms with Gasteiger partial charge in [-0.25, -0.2) is 9.79 Å². The molecule has 1 aliphatic rings. The number of carbonyl (C=O) groups excluding carboxylic acids is 1. The molecule has 0 saturated carbocycles. The number of carbonyl (C=O) groups is 1. The number of hydrogen-bond acceptors (Lipinski definition) is 7. The third kappa shape index (κ3) is 4.90. The van der Waals surface area contributed by atoms with Crippen molar-refractivity contribution in [3.05, 3.63) is 89.6 Å². The second-order valence-electron chi connectivity index (χ2n) is 7.70. The lowest BCUT2D eigenvalue weighted by molar-refractivity contribution is -0.139. The Hall–Kier alpha value is -3.36. The molecule has 0 amide bonds. The minimum atomic E-state index is -0.702. The number of hydrogen-bond donors (Lipinski definition) is 0. The van der Waals surface area contributed by atoms with E-state index in [9.17, 15) is 9.59 Å². The predicted molar refractivity (Wildman–Crippen MR) is 136 cm³/mol. The highest BCUT2D eigenvalue weighted by Crippen LogP contribution is 2.32. The highest BCUT2D eigenvalue weighted by molar-refractivity contribution is 7.07. The van der Waals surface area contributed by atoms with Gasteiger partial charge >= 0.3 is 5.97 Å². The molecule has 0 unspecified atom stereocenters. The number of nitrogens with zero attached hydrogens (tertiary/aromatic N) is 2. The summed E-state index contributed by atoms with van der Waals surface area (Å²) in [5.41, 5.74) is 2.04. The lowest BCUT2D eigenvalue weighted by Gasteiger charge is -2.25. The molecule has 0 radical (unpaired) electrons. The summed E-state index contributed by atoms with van der Waals surface area (Å²) in [6, 6.07) is 12.0. The Morgan fingerprint density at radius 1 is 1.20 bits per heavy atom. The van der Waals surface area contributed by atoms with Crippen molar-refractivity contribution in [1.29, 1.82) is 0 Å². The summed E-state index contributed by atoms with van der Waals surface area (Å²) in [6.45, 7) is 6.10. The molecule has 0 aliphatic carbocycles. The largest absolute Gasteiger partial charge is 0.497 e. The van der Waals surface area contributed by atoms with Crippen LogP contribution >= 0.6 is 22.9 Å². The molecule has 0 N–H and O–H groups in total. The van der Waals surface area contributed by atoms with Gasteiger partial charge in [-0.05, 0) is 62.2 Å². The summed E-state index contributed by atoms with van der Waals surface area (Å²) in [5.74, 6) is 0.696. The summed E-state index contributed by atoms with van der Waals surface area (Å²) in [6.07, 6.45) is 1.76. The molecule has 9 heteroatoms. The first-order chi connectivity index (χ1) is 16.9. The van der Waals surface area contributed by atoms with Crippen LogP contribution in [0.2, 0.25) is 5.02 Å². The summed E-state index contributed by atoms with van der Waals surface area (Å²) in [5, 5.41) is 0.461. The van der Waals surface area contributed by atoms with Crippen molar-refractivity contribution in [3.63, 3.8) is 0 Å². The molecule has 1 atom stereocenters. The fourth-order valence-corrected chi connectivity index (χ4v) is 5.24. The molecule has 7 nitrogen and oxygen atoms in total. The Balaban J connectivity index is 1.91. The zero-order valence-corrected chi connectivity index (χ0v) is 21.4. The maximum absolute atomic E-state index is 13.7. The van der Waals surface area contributed by atoms with E-state index >= 15 is 0 Å². The van der Waals surface area contributed by atoms with Crippen LogP contribution in [0.15, 0.2) is 63.5 Å². The minimum absolute atomic E-state index is 0.212. The number of halogens is 1. The first-order valence-corrected chi connectivity index (χ1v) is 12.3. The van der Waals surface area contributed by atoms with E-state index in [1.165, 1.54) is 11.3 Å². The lowest BCUT2D eigenvalue weighted by Crippen LogP contribution is -2.39. The number of thiazole rings is 1. The molecular formula is C26H25ClN2O5S. The van der Waals surface area contributed by atoms with E-state index in [2.05, 4.69) is 4.99 Å². The molecule has 0 spiro atoms. The first kappa shape index (κ1) is 24.8. The van der Waals surface area contributed by atoms with Crippen molar-refractivity contribution >= 4 is 35.0 Å². The van der Waals surface area contributed by atoms with Crippen molar-refractivity contribution in [1.82, 2.24) is 4.57 Å². The Kier molecular flexibility index (Phi) is 7.42. The Morgan fingerprint density at radius 2 is 2.00 bits per heavy atom. The van der Waals surface area contributed by atoms with Crippen LogP contribution in [-0.4, -0.2) is 30.9 Å². The first-order valence-electron chi connectivity index (χ1n) is 11.1. The average molecular weight is 513 g/mol. The molecule has 1 aliphatic heterocycles. The zero-order valence-electron chi connectivity index (χ0n) is 19.8. The van der Waals surface area contributed by atoms with Gasteiger partial charge in [-0.15, -0.1) is 0 Å². The van der Waals surface area contributed by atoms with Gasteiger partial charge in [0.25, 0.3) is 5.56 Å². The monoisotopic (exact) mass is 512 g/mol. The van der Waals surface area contributed by atoms with Crippen LogP contribution in [0.3, 0.4) is 0 Å². The lowest BCUT2D eigenvalue weighted by atomic mass is 9.95.